The molecular weight excluding hydrogens is 532 g/mol. The molecule has 0 saturated carbocycles. The van der Waals surface area contributed by atoms with Crippen LogP contribution in [-0.2, 0) is 4.79 Å². The molecule has 7 nitrogen and oxygen atoms in total. The standard InChI is InChI=1S/C33H40N4O3S/c1-24-13-12-16-26(23-24)34-32(39)36-30-31(38)37(20-22-41-21-11-5-10-19-33(2,3)40)28-18-9-8-17-27(28)29(35-30)25-14-6-4-7-15-25/h4,6-9,12-18,23,30,40H,5,10-11,19-22H2,1-3H3,(H2,34,36,39). The summed E-state index contributed by atoms with van der Waals surface area (Å²) in [5.41, 5.74) is 4.24. The number of aryl methyl sites for hydroxylation is 1. The first-order valence-electron chi connectivity index (χ1n) is 14.2. The van der Waals surface area contributed by atoms with E-state index in [1.54, 1.807) is 4.90 Å². The maximum atomic E-state index is 14.0. The molecule has 0 spiro atoms. The summed E-state index contributed by atoms with van der Waals surface area (Å²) in [5.74, 6) is 1.48. The van der Waals surface area contributed by atoms with Crippen LogP contribution in [0.5, 0.6) is 0 Å². The van der Waals surface area contributed by atoms with Crippen molar-refractivity contribution in [1.82, 2.24) is 5.32 Å². The summed E-state index contributed by atoms with van der Waals surface area (Å²) in [4.78, 5) is 33.6. The minimum Gasteiger partial charge on any atom is -0.390 e. The van der Waals surface area contributed by atoms with Crippen LogP contribution in [0.1, 0.15) is 56.2 Å². The van der Waals surface area contributed by atoms with Crippen LogP contribution in [0, 0.1) is 6.92 Å². The summed E-state index contributed by atoms with van der Waals surface area (Å²) in [5, 5.41) is 15.6. The maximum Gasteiger partial charge on any atom is 0.321 e. The lowest BCUT2D eigenvalue weighted by Gasteiger charge is -2.25. The fourth-order valence-corrected chi connectivity index (χ4v) is 5.71. The molecule has 1 aliphatic heterocycles. The first kappa shape index (κ1) is 30.3. The van der Waals surface area contributed by atoms with Gasteiger partial charge >= 0.3 is 6.03 Å². The van der Waals surface area contributed by atoms with Gasteiger partial charge in [-0.25, -0.2) is 9.79 Å². The molecule has 41 heavy (non-hydrogen) atoms. The van der Waals surface area contributed by atoms with Gasteiger partial charge in [0.15, 0.2) is 0 Å². The molecule has 0 bridgehead atoms. The predicted octanol–water partition coefficient (Wildman–Crippen LogP) is 6.39. The molecule has 1 atom stereocenters. The first-order valence-corrected chi connectivity index (χ1v) is 15.3. The summed E-state index contributed by atoms with van der Waals surface area (Å²) in [6.07, 6.45) is 2.84. The highest BCUT2D eigenvalue weighted by atomic mass is 32.2. The van der Waals surface area contributed by atoms with E-state index in [0.29, 0.717) is 17.9 Å². The van der Waals surface area contributed by atoms with Crippen molar-refractivity contribution in [2.75, 3.05) is 28.3 Å². The average Bonchev–Trinajstić information content (AvgIpc) is 3.05. The Morgan fingerprint density at radius 2 is 1.73 bits per heavy atom. The number of fused-ring (bicyclic) bond motifs is 1. The van der Waals surface area contributed by atoms with Crippen molar-refractivity contribution in [3.05, 3.63) is 95.6 Å². The molecule has 1 aliphatic rings. The van der Waals surface area contributed by atoms with E-state index in [-0.39, 0.29) is 5.91 Å². The Morgan fingerprint density at radius 1 is 0.976 bits per heavy atom. The quantitative estimate of drug-likeness (QED) is 0.219. The molecule has 4 rings (SSSR count). The normalized spacial score (nSPS) is 15.1. The van der Waals surface area contributed by atoms with Crippen molar-refractivity contribution in [2.24, 2.45) is 4.99 Å². The molecule has 3 aromatic carbocycles. The highest BCUT2D eigenvalue weighted by Crippen LogP contribution is 2.29. The molecule has 0 radical (unpaired) electrons. The van der Waals surface area contributed by atoms with Gasteiger partial charge in [0, 0.05) is 29.1 Å². The Hall–Kier alpha value is -3.62. The molecule has 0 aliphatic carbocycles. The smallest absolute Gasteiger partial charge is 0.321 e. The Bertz CT molecular complexity index is 1350. The van der Waals surface area contributed by atoms with Gasteiger partial charge in [-0.05, 0) is 63.1 Å². The van der Waals surface area contributed by atoms with Crippen molar-refractivity contribution in [1.29, 1.82) is 0 Å². The molecule has 8 heteroatoms. The number of aliphatic hydroxyl groups is 1. The zero-order chi connectivity index (χ0) is 29.2. The highest BCUT2D eigenvalue weighted by molar-refractivity contribution is 7.99. The molecular formula is C33H40N4O3S. The minimum atomic E-state index is -1.09. The van der Waals surface area contributed by atoms with Gasteiger partial charge in [0.05, 0.1) is 17.0 Å². The van der Waals surface area contributed by atoms with E-state index in [1.807, 2.05) is 111 Å². The number of nitrogens with one attached hydrogen (secondary N) is 2. The van der Waals surface area contributed by atoms with Gasteiger partial charge in [-0.2, -0.15) is 11.8 Å². The van der Waals surface area contributed by atoms with Crippen molar-refractivity contribution in [3.63, 3.8) is 0 Å². The van der Waals surface area contributed by atoms with E-state index >= 15 is 0 Å². The Labute approximate surface area is 247 Å². The monoisotopic (exact) mass is 572 g/mol. The van der Waals surface area contributed by atoms with Crippen LogP contribution in [0.15, 0.2) is 83.9 Å². The molecule has 0 aromatic heterocycles. The van der Waals surface area contributed by atoms with Gasteiger partial charge in [-0.15, -0.1) is 0 Å². The number of unbranched alkanes of at least 4 members (excludes halogenated alkanes) is 2. The first-order chi connectivity index (χ1) is 19.7. The number of benzene rings is 3. The van der Waals surface area contributed by atoms with Gasteiger partial charge in [0.25, 0.3) is 5.91 Å². The van der Waals surface area contributed by atoms with Gasteiger partial charge in [-0.3, -0.25) is 4.79 Å². The number of hydrogen-bond acceptors (Lipinski definition) is 5. The van der Waals surface area contributed by atoms with Gasteiger partial charge in [-0.1, -0.05) is 73.5 Å². The number of rotatable bonds is 12. The van der Waals surface area contributed by atoms with Crippen molar-refractivity contribution >= 4 is 40.8 Å². The summed E-state index contributed by atoms with van der Waals surface area (Å²) in [6.45, 7) is 6.15. The van der Waals surface area contributed by atoms with Crippen molar-refractivity contribution < 1.29 is 14.7 Å². The van der Waals surface area contributed by atoms with Crippen LogP contribution in [0.3, 0.4) is 0 Å². The van der Waals surface area contributed by atoms with Gasteiger partial charge in [0.2, 0.25) is 6.17 Å². The molecule has 0 fully saturated rings. The Kier molecular flexibility index (Phi) is 10.6. The lowest BCUT2D eigenvalue weighted by atomic mass is 10.0. The minimum absolute atomic E-state index is 0.270. The van der Waals surface area contributed by atoms with E-state index in [0.717, 1.165) is 59.6 Å². The summed E-state index contributed by atoms with van der Waals surface area (Å²) in [6, 6.07) is 24.6. The predicted molar refractivity (Wildman–Crippen MR) is 170 cm³/mol. The number of aliphatic imine (C=N–C) groups is 1. The second-order valence-electron chi connectivity index (χ2n) is 11.0. The Balaban J connectivity index is 1.51. The number of anilines is 2. The largest absolute Gasteiger partial charge is 0.390 e. The third kappa shape index (κ3) is 8.93. The second kappa shape index (κ2) is 14.3. The van der Waals surface area contributed by atoms with Crippen molar-refractivity contribution in [2.45, 2.75) is 58.2 Å². The molecule has 3 amide bonds. The van der Waals surface area contributed by atoms with Gasteiger partial charge in [0.1, 0.15) is 0 Å². The van der Waals surface area contributed by atoms with E-state index in [2.05, 4.69) is 10.6 Å². The average molecular weight is 573 g/mol. The van der Waals surface area contributed by atoms with E-state index in [9.17, 15) is 14.7 Å². The number of carbonyl (C=O) groups excluding carboxylic acids is 2. The number of benzodiazepines with no additional fused rings is 1. The molecule has 0 saturated heterocycles. The van der Waals surface area contributed by atoms with Crippen LogP contribution in [0.2, 0.25) is 0 Å². The zero-order valence-corrected chi connectivity index (χ0v) is 24.9. The summed E-state index contributed by atoms with van der Waals surface area (Å²) < 4.78 is 0. The van der Waals surface area contributed by atoms with Crippen molar-refractivity contribution in [3.8, 4) is 0 Å². The number of thioether (sulfide) groups is 1. The molecule has 3 N–H and O–H groups in total. The molecule has 3 aromatic rings. The fourth-order valence-electron chi connectivity index (χ4n) is 4.79. The third-order valence-electron chi connectivity index (χ3n) is 6.84. The topological polar surface area (TPSA) is 94.0 Å². The lowest BCUT2D eigenvalue weighted by Crippen LogP contribution is -2.49. The highest BCUT2D eigenvalue weighted by Gasteiger charge is 2.32. The van der Waals surface area contributed by atoms with Crippen LogP contribution in [0.4, 0.5) is 16.2 Å². The van der Waals surface area contributed by atoms with E-state index in [4.69, 9.17) is 4.99 Å². The lowest BCUT2D eigenvalue weighted by molar-refractivity contribution is -0.120. The number of para-hydroxylation sites is 1. The fraction of sp³-hybridized carbons (Fsp3) is 0.364. The number of hydrogen-bond donors (Lipinski definition) is 3. The molecule has 1 unspecified atom stereocenters. The van der Waals surface area contributed by atoms with Crippen LogP contribution in [-0.4, -0.2) is 52.6 Å². The van der Waals surface area contributed by atoms with Crippen LogP contribution in [0.25, 0.3) is 0 Å². The number of amides is 3. The molecule has 216 valence electrons. The maximum absolute atomic E-state index is 14.0. The second-order valence-corrected chi connectivity index (χ2v) is 12.2. The molecule has 1 heterocycles. The zero-order valence-electron chi connectivity index (χ0n) is 24.1. The van der Waals surface area contributed by atoms with E-state index in [1.165, 1.54) is 0 Å². The number of urea groups is 1. The number of carbonyl (C=O) groups is 2. The number of nitrogens with zero attached hydrogens (tertiary/aromatic N) is 2. The van der Waals surface area contributed by atoms with Gasteiger partial charge < -0.3 is 20.6 Å². The summed E-state index contributed by atoms with van der Waals surface area (Å²) >= 11 is 1.81. The van der Waals surface area contributed by atoms with Crippen LogP contribution < -0.4 is 15.5 Å². The summed E-state index contributed by atoms with van der Waals surface area (Å²) in [7, 11) is 0. The Morgan fingerprint density at radius 3 is 2.49 bits per heavy atom. The third-order valence-corrected chi connectivity index (χ3v) is 7.88. The SMILES string of the molecule is Cc1cccc(NC(=O)NC2N=C(c3ccccc3)c3ccccc3N(CCSCCCCCC(C)(C)O)C2=O)c1. The van der Waals surface area contributed by atoms with Crippen LogP contribution >= 0.6 is 11.8 Å². The van der Waals surface area contributed by atoms with E-state index < -0.39 is 17.8 Å².